The van der Waals surface area contributed by atoms with Crippen molar-refractivity contribution in [2.75, 3.05) is 35.8 Å². The molecule has 0 aromatic heterocycles. The maximum atomic E-state index is 12.9. The smallest absolute Gasteiger partial charge is 0.258 e. The van der Waals surface area contributed by atoms with Crippen LogP contribution in [0.5, 0.6) is 0 Å². The number of rotatable bonds is 6. The lowest BCUT2D eigenvalue weighted by Crippen LogP contribution is -2.27. The third kappa shape index (κ3) is 3.33. The lowest BCUT2D eigenvalue weighted by Gasteiger charge is -2.18. The van der Waals surface area contributed by atoms with Crippen LogP contribution in [-0.4, -0.2) is 32.5 Å². The second-order valence-corrected chi connectivity index (χ2v) is 7.57. The van der Waals surface area contributed by atoms with E-state index in [0.717, 1.165) is 40.7 Å². The Kier molecular flexibility index (Phi) is 4.97. The number of nitrogens with one attached hydrogen (secondary N) is 1. The first-order valence-electron chi connectivity index (χ1n) is 9.97. The summed E-state index contributed by atoms with van der Waals surface area (Å²) in [5.74, 6) is -0.120. The van der Waals surface area contributed by atoms with Crippen LogP contribution in [0.4, 0.5) is 17.1 Å². The summed E-state index contributed by atoms with van der Waals surface area (Å²) in [6.07, 6.45) is 1.99. The fourth-order valence-corrected chi connectivity index (χ4v) is 3.80. The minimum atomic E-state index is -0.164. The molecule has 3 aromatic rings. The number of hydrogen-bond donors (Lipinski definition) is 1. The van der Waals surface area contributed by atoms with E-state index in [1.54, 1.807) is 0 Å². The van der Waals surface area contributed by atoms with Crippen LogP contribution in [0.2, 0.25) is 0 Å². The van der Waals surface area contributed by atoms with E-state index in [9.17, 15) is 9.59 Å². The molecule has 0 unspecified atom stereocenters. The second kappa shape index (κ2) is 7.59. The Bertz CT molecular complexity index is 1090. The topological polar surface area (TPSA) is 52.7 Å². The predicted molar refractivity (Wildman–Crippen MR) is 119 cm³/mol. The highest BCUT2D eigenvalue weighted by Gasteiger charge is 2.30. The maximum absolute atomic E-state index is 12.9. The minimum absolute atomic E-state index is 0.0433. The molecule has 0 saturated heterocycles. The monoisotopic (exact) mass is 387 g/mol. The maximum Gasteiger partial charge on any atom is 0.258 e. The van der Waals surface area contributed by atoms with Gasteiger partial charge in [-0.05, 0) is 48.9 Å². The molecule has 1 aliphatic rings. The van der Waals surface area contributed by atoms with E-state index in [0.29, 0.717) is 17.7 Å². The number of anilines is 3. The van der Waals surface area contributed by atoms with Crippen molar-refractivity contribution in [2.45, 2.75) is 19.8 Å². The number of carbonyl (C=O) groups is 2. The fraction of sp³-hybridized carbons (Fsp3) is 0.250. The van der Waals surface area contributed by atoms with Gasteiger partial charge in [0.15, 0.2) is 0 Å². The lowest BCUT2D eigenvalue weighted by atomic mass is 10.0. The van der Waals surface area contributed by atoms with Crippen LogP contribution in [0.1, 0.15) is 40.5 Å². The average molecular weight is 387 g/mol. The van der Waals surface area contributed by atoms with Crippen LogP contribution in [0.25, 0.3) is 10.8 Å². The van der Waals surface area contributed by atoms with Gasteiger partial charge in [-0.25, -0.2) is 0 Å². The zero-order valence-electron chi connectivity index (χ0n) is 17.0. The Morgan fingerprint density at radius 2 is 1.79 bits per heavy atom. The molecule has 5 heteroatoms. The van der Waals surface area contributed by atoms with Crippen molar-refractivity contribution in [3.05, 3.63) is 65.7 Å². The summed E-state index contributed by atoms with van der Waals surface area (Å²) in [5.41, 5.74) is 4.00. The van der Waals surface area contributed by atoms with E-state index >= 15 is 0 Å². The SMILES string of the molecule is CCCCN1C(=O)c2cccc3c(NC(=O)c4ccc(N(C)C)cc4)ccc1c23. The largest absolute Gasteiger partial charge is 0.378 e. The molecule has 1 N–H and O–H groups in total. The zero-order chi connectivity index (χ0) is 20.5. The molecule has 5 nitrogen and oxygen atoms in total. The first-order chi connectivity index (χ1) is 14.0. The van der Waals surface area contributed by atoms with Gasteiger partial charge in [0, 0.05) is 53.9 Å². The minimum Gasteiger partial charge on any atom is -0.378 e. The molecule has 1 aliphatic heterocycles. The summed E-state index contributed by atoms with van der Waals surface area (Å²) in [6, 6.07) is 17.0. The predicted octanol–water partition coefficient (Wildman–Crippen LogP) is 4.92. The Labute approximate surface area is 170 Å². The van der Waals surface area contributed by atoms with E-state index < -0.39 is 0 Å². The fourth-order valence-electron chi connectivity index (χ4n) is 3.80. The van der Waals surface area contributed by atoms with Crippen LogP contribution >= 0.6 is 0 Å². The Hall–Kier alpha value is -3.34. The Morgan fingerprint density at radius 1 is 1.03 bits per heavy atom. The quantitative estimate of drug-likeness (QED) is 0.653. The number of hydrogen-bond acceptors (Lipinski definition) is 3. The molecule has 2 amide bonds. The van der Waals surface area contributed by atoms with Crippen molar-refractivity contribution in [1.82, 2.24) is 0 Å². The first-order valence-corrected chi connectivity index (χ1v) is 9.97. The van der Waals surface area contributed by atoms with Gasteiger partial charge >= 0.3 is 0 Å². The van der Waals surface area contributed by atoms with Crippen molar-refractivity contribution in [3.8, 4) is 0 Å². The van der Waals surface area contributed by atoms with E-state index in [-0.39, 0.29) is 11.8 Å². The van der Waals surface area contributed by atoms with Crippen molar-refractivity contribution in [3.63, 3.8) is 0 Å². The van der Waals surface area contributed by atoms with Gasteiger partial charge in [0.25, 0.3) is 11.8 Å². The number of benzene rings is 3. The van der Waals surface area contributed by atoms with E-state index in [1.165, 1.54) is 0 Å². The highest BCUT2D eigenvalue weighted by atomic mass is 16.2. The third-order valence-electron chi connectivity index (χ3n) is 5.41. The normalized spacial score (nSPS) is 12.5. The number of nitrogens with zero attached hydrogens (tertiary/aromatic N) is 2. The Balaban J connectivity index is 1.67. The molecule has 4 rings (SSSR count). The average Bonchev–Trinajstić information content (AvgIpc) is 3.01. The van der Waals surface area contributed by atoms with Crippen molar-refractivity contribution < 1.29 is 9.59 Å². The van der Waals surface area contributed by atoms with Crippen molar-refractivity contribution >= 4 is 39.6 Å². The van der Waals surface area contributed by atoms with Crippen molar-refractivity contribution in [1.29, 1.82) is 0 Å². The highest BCUT2D eigenvalue weighted by molar-refractivity contribution is 6.27. The van der Waals surface area contributed by atoms with Gasteiger partial charge in [-0.1, -0.05) is 25.5 Å². The highest BCUT2D eigenvalue weighted by Crippen LogP contribution is 2.40. The molecule has 1 heterocycles. The Morgan fingerprint density at radius 3 is 2.48 bits per heavy atom. The van der Waals surface area contributed by atoms with Crippen LogP contribution in [0.3, 0.4) is 0 Å². The van der Waals surface area contributed by atoms with Gasteiger partial charge in [-0.15, -0.1) is 0 Å². The molecule has 29 heavy (non-hydrogen) atoms. The molecule has 148 valence electrons. The van der Waals surface area contributed by atoms with Crippen LogP contribution in [0.15, 0.2) is 54.6 Å². The van der Waals surface area contributed by atoms with Crippen molar-refractivity contribution in [2.24, 2.45) is 0 Å². The zero-order valence-corrected chi connectivity index (χ0v) is 17.0. The molecule has 3 aromatic carbocycles. The van der Waals surface area contributed by atoms with Gasteiger partial charge in [0.1, 0.15) is 0 Å². The number of unbranched alkanes of at least 4 members (excludes halogenated alkanes) is 1. The molecule has 0 radical (unpaired) electrons. The molecule has 0 aliphatic carbocycles. The molecule has 0 saturated carbocycles. The van der Waals surface area contributed by atoms with Gasteiger partial charge < -0.3 is 15.1 Å². The molecular formula is C24H25N3O2. The van der Waals surface area contributed by atoms with Crippen LogP contribution < -0.4 is 15.1 Å². The van der Waals surface area contributed by atoms with E-state index in [2.05, 4.69) is 12.2 Å². The third-order valence-corrected chi connectivity index (χ3v) is 5.41. The summed E-state index contributed by atoms with van der Waals surface area (Å²) in [4.78, 5) is 29.5. The van der Waals surface area contributed by atoms with Gasteiger partial charge in [0.05, 0.1) is 5.69 Å². The summed E-state index contributed by atoms with van der Waals surface area (Å²) < 4.78 is 0. The molecule has 0 fully saturated rings. The summed E-state index contributed by atoms with van der Waals surface area (Å²) in [7, 11) is 3.93. The van der Waals surface area contributed by atoms with Crippen LogP contribution in [-0.2, 0) is 0 Å². The van der Waals surface area contributed by atoms with Gasteiger partial charge in [-0.3, -0.25) is 9.59 Å². The van der Waals surface area contributed by atoms with Gasteiger partial charge in [0.2, 0.25) is 0 Å². The number of carbonyl (C=O) groups excluding carboxylic acids is 2. The summed E-state index contributed by atoms with van der Waals surface area (Å²) >= 11 is 0. The molecular weight excluding hydrogens is 362 g/mol. The summed E-state index contributed by atoms with van der Waals surface area (Å²) in [5, 5.41) is 4.84. The van der Waals surface area contributed by atoms with E-state index in [4.69, 9.17) is 0 Å². The molecule has 0 spiro atoms. The standard InChI is InChI=1S/C24H25N3O2/c1-4-5-15-27-21-14-13-20(18-7-6-8-19(22(18)21)24(27)29)25-23(28)16-9-11-17(12-10-16)26(2)3/h6-14H,4-5,15H2,1-3H3,(H,25,28). The van der Waals surface area contributed by atoms with Crippen LogP contribution in [0, 0.1) is 0 Å². The number of amides is 2. The van der Waals surface area contributed by atoms with Gasteiger partial charge in [-0.2, -0.15) is 0 Å². The molecule has 0 bridgehead atoms. The molecule has 0 atom stereocenters. The first kappa shape index (κ1) is 19.0. The lowest BCUT2D eigenvalue weighted by molar-refractivity contribution is 0.0991. The summed E-state index contributed by atoms with van der Waals surface area (Å²) in [6.45, 7) is 2.83. The second-order valence-electron chi connectivity index (χ2n) is 7.57. The van der Waals surface area contributed by atoms with E-state index in [1.807, 2.05) is 78.5 Å².